The van der Waals surface area contributed by atoms with Crippen LogP contribution in [0.1, 0.15) is 30.0 Å². The van der Waals surface area contributed by atoms with E-state index in [2.05, 4.69) is 6.08 Å². The normalized spacial score (nSPS) is 15.7. The summed E-state index contributed by atoms with van der Waals surface area (Å²) in [7, 11) is 3.03. The van der Waals surface area contributed by atoms with E-state index < -0.39 is 11.2 Å². The number of ether oxygens (including phenoxy) is 2. The van der Waals surface area contributed by atoms with Gasteiger partial charge in [0.2, 0.25) is 0 Å². The Morgan fingerprint density at radius 2 is 1.81 bits per heavy atom. The molecule has 1 atom stereocenters. The molecule has 0 radical (unpaired) electrons. The molecule has 5 heteroatoms. The van der Waals surface area contributed by atoms with Gasteiger partial charge in [0.15, 0.2) is 4.90 Å². The molecule has 2 aromatic carbocycles. The number of allylic oxidation sites excluding steroid dienone is 2. The Hall–Kier alpha value is -2.50. The molecular weight excluding hydrogens is 360 g/mol. The summed E-state index contributed by atoms with van der Waals surface area (Å²) < 4.78 is 21.8. The summed E-state index contributed by atoms with van der Waals surface area (Å²) in [6.45, 7) is 2.02. The first-order valence-electron chi connectivity index (χ1n) is 8.55. The van der Waals surface area contributed by atoms with Gasteiger partial charge in [-0.3, -0.25) is 4.79 Å². The number of rotatable bonds is 5. The lowest BCUT2D eigenvalue weighted by Crippen LogP contribution is -2.01. The van der Waals surface area contributed by atoms with Crippen molar-refractivity contribution in [3.05, 3.63) is 64.7 Å². The molecule has 2 aromatic rings. The van der Waals surface area contributed by atoms with E-state index in [1.54, 1.807) is 13.4 Å². The van der Waals surface area contributed by atoms with E-state index in [4.69, 9.17) is 9.47 Å². The molecule has 0 aromatic heterocycles. The molecule has 3 rings (SSSR count). The summed E-state index contributed by atoms with van der Waals surface area (Å²) in [5, 5.41) is 0. The molecule has 27 heavy (non-hydrogen) atoms. The van der Waals surface area contributed by atoms with E-state index in [1.807, 2.05) is 49.4 Å². The van der Waals surface area contributed by atoms with Crippen molar-refractivity contribution in [2.75, 3.05) is 20.5 Å². The fraction of sp³-hybridized carbons (Fsp3) is 0.227. The second-order valence-electron chi connectivity index (χ2n) is 6.35. The van der Waals surface area contributed by atoms with Crippen LogP contribution in [0, 0.1) is 0 Å². The topological polar surface area (TPSA) is 58.6 Å². The molecule has 4 nitrogen and oxygen atoms in total. The minimum atomic E-state index is -0.997. The van der Waals surface area contributed by atoms with E-state index in [0.717, 1.165) is 44.1 Å². The lowest BCUT2D eigenvalue weighted by molar-refractivity contribution is -0.139. The number of esters is 1. The zero-order valence-corrected chi connectivity index (χ0v) is 16.7. The SMILES string of the molecule is COC(=O)CC1=C(C)/C(=C/c2ccc([S+](C)[O-])cc2)c2ccc(OC)cc21. The fourth-order valence-corrected chi connectivity index (χ4v) is 3.77. The van der Waals surface area contributed by atoms with Crippen LogP contribution in [0.3, 0.4) is 0 Å². The van der Waals surface area contributed by atoms with Crippen LogP contribution in [-0.4, -0.2) is 31.0 Å². The van der Waals surface area contributed by atoms with Crippen LogP contribution in [0.2, 0.25) is 0 Å². The van der Waals surface area contributed by atoms with E-state index in [1.165, 1.54) is 7.11 Å². The van der Waals surface area contributed by atoms with Crippen LogP contribution in [0.15, 0.2) is 52.9 Å². The van der Waals surface area contributed by atoms with Gasteiger partial charge in [0.05, 0.1) is 20.6 Å². The average molecular weight is 382 g/mol. The maximum atomic E-state index is 11.9. The Balaban J connectivity index is 2.08. The van der Waals surface area contributed by atoms with Gasteiger partial charge < -0.3 is 14.0 Å². The van der Waals surface area contributed by atoms with Gasteiger partial charge in [0, 0.05) is 0 Å². The van der Waals surface area contributed by atoms with Gasteiger partial charge in [-0.2, -0.15) is 0 Å². The van der Waals surface area contributed by atoms with Crippen molar-refractivity contribution in [3.8, 4) is 5.75 Å². The van der Waals surface area contributed by atoms with E-state index in [9.17, 15) is 9.35 Å². The number of benzene rings is 2. The highest BCUT2D eigenvalue weighted by Crippen LogP contribution is 2.44. The van der Waals surface area contributed by atoms with Crippen LogP contribution in [0.4, 0.5) is 0 Å². The Morgan fingerprint density at radius 3 is 2.41 bits per heavy atom. The van der Waals surface area contributed by atoms with Crippen molar-refractivity contribution in [1.29, 1.82) is 0 Å². The standard InChI is InChI=1S/C22H22O4S/c1-14-19(11-15-5-8-17(9-6-15)27(4)24)18-10-7-16(25-2)12-21(18)20(14)13-22(23)26-3/h5-12H,13H2,1-4H3/b19-11-. The predicted molar refractivity (Wildman–Crippen MR) is 109 cm³/mol. The zero-order valence-electron chi connectivity index (χ0n) is 15.9. The van der Waals surface area contributed by atoms with E-state index in [0.29, 0.717) is 0 Å². The monoisotopic (exact) mass is 382 g/mol. The smallest absolute Gasteiger partial charge is 0.310 e. The zero-order chi connectivity index (χ0) is 19.6. The second kappa shape index (κ2) is 8.03. The van der Waals surface area contributed by atoms with Gasteiger partial charge in [-0.05, 0) is 94.0 Å². The molecule has 140 valence electrons. The minimum Gasteiger partial charge on any atom is -0.612 e. The van der Waals surface area contributed by atoms with Crippen molar-refractivity contribution < 1.29 is 18.8 Å². The predicted octanol–water partition coefficient (Wildman–Crippen LogP) is 4.32. The maximum Gasteiger partial charge on any atom is 0.310 e. The highest BCUT2D eigenvalue weighted by atomic mass is 32.2. The van der Waals surface area contributed by atoms with Crippen LogP contribution < -0.4 is 4.74 Å². The van der Waals surface area contributed by atoms with Gasteiger partial charge in [0.25, 0.3) is 0 Å². The third-order valence-electron chi connectivity index (χ3n) is 4.77. The molecule has 1 aliphatic rings. The highest BCUT2D eigenvalue weighted by molar-refractivity contribution is 7.90. The van der Waals surface area contributed by atoms with E-state index in [-0.39, 0.29) is 12.4 Å². The Morgan fingerprint density at radius 1 is 1.11 bits per heavy atom. The van der Waals surface area contributed by atoms with Crippen molar-refractivity contribution in [2.24, 2.45) is 0 Å². The summed E-state index contributed by atoms with van der Waals surface area (Å²) >= 11 is -0.997. The highest BCUT2D eigenvalue weighted by Gasteiger charge is 2.26. The molecule has 1 unspecified atom stereocenters. The van der Waals surface area contributed by atoms with Crippen LogP contribution >= 0.6 is 0 Å². The molecule has 0 spiro atoms. The molecule has 0 heterocycles. The molecular formula is C22H22O4S. The molecule has 0 amide bonds. The van der Waals surface area contributed by atoms with Gasteiger partial charge in [-0.1, -0.05) is 6.07 Å². The number of carbonyl (C=O) groups excluding carboxylic acids is 1. The third-order valence-corrected chi connectivity index (χ3v) is 5.71. The molecule has 0 saturated carbocycles. The van der Waals surface area contributed by atoms with Gasteiger partial charge in [-0.25, -0.2) is 0 Å². The molecule has 0 aliphatic heterocycles. The number of hydrogen-bond acceptors (Lipinski definition) is 4. The Labute approximate surface area is 162 Å². The first kappa shape index (κ1) is 19.3. The summed E-state index contributed by atoms with van der Waals surface area (Å²) in [4.78, 5) is 12.7. The number of methoxy groups -OCH3 is 2. The van der Waals surface area contributed by atoms with Gasteiger partial charge in [-0.15, -0.1) is 0 Å². The summed E-state index contributed by atoms with van der Waals surface area (Å²) in [5.41, 5.74) is 6.14. The number of carbonyl (C=O) groups is 1. The molecule has 0 N–H and O–H groups in total. The van der Waals surface area contributed by atoms with Crippen molar-refractivity contribution in [1.82, 2.24) is 0 Å². The Kier molecular flexibility index (Phi) is 5.73. The summed E-state index contributed by atoms with van der Waals surface area (Å²) in [6, 6.07) is 13.6. The lowest BCUT2D eigenvalue weighted by atomic mass is 10.0. The minimum absolute atomic E-state index is 0.216. The Bertz CT molecular complexity index is 924. The van der Waals surface area contributed by atoms with Crippen LogP contribution in [-0.2, 0) is 20.7 Å². The lowest BCUT2D eigenvalue weighted by Gasteiger charge is -2.08. The second-order valence-corrected chi connectivity index (χ2v) is 7.73. The van der Waals surface area contributed by atoms with Crippen LogP contribution in [0.5, 0.6) is 5.75 Å². The number of fused-ring (bicyclic) bond motifs is 1. The fourth-order valence-electron chi connectivity index (χ4n) is 3.25. The average Bonchev–Trinajstić information content (AvgIpc) is 2.93. The summed E-state index contributed by atoms with van der Waals surface area (Å²) in [6.07, 6.45) is 3.97. The summed E-state index contributed by atoms with van der Waals surface area (Å²) in [5.74, 6) is 0.481. The number of hydrogen-bond donors (Lipinski definition) is 0. The quantitative estimate of drug-likeness (QED) is 0.571. The molecule has 0 fully saturated rings. The van der Waals surface area contributed by atoms with E-state index >= 15 is 0 Å². The first-order valence-corrected chi connectivity index (χ1v) is 10.1. The first-order chi connectivity index (χ1) is 12.9. The molecule has 0 bridgehead atoms. The molecule has 1 aliphatic carbocycles. The molecule has 0 saturated heterocycles. The van der Waals surface area contributed by atoms with Crippen molar-refractivity contribution in [3.63, 3.8) is 0 Å². The van der Waals surface area contributed by atoms with Crippen LogP contribution in [0.25, 0.3) is 17.2 Å². The maximum absolute atomic E-state index is 11.9. The van der Waals surface area contributed by atoms with Gasteiger partial charge >= 0.3 is 5.97 Å². The largest absolute Gasteiger partial charge is 0.612 e. The third kappa shape index (κ3) is 3.94. The van der Waals surface area contributed by atoms with Gasteiger partial charge in [0.1, 0.15) is 12.0 Å². The van der Waals surface area contributed by atoms with Crippen molar-refractivity contribution >= 4 is 34.4 Å². The van der Waals surface area contributed by atoms with Crippen molar-refractivity contribution in [2.45, 2.75) is 18.2 Å².